The first-order valence-electron chi connectivity index (χ1n) is 4.41. The Morgan fingerprint density at radius 3 is 2.50 bits per heavy atom. The standard InChI is InChI=1S/C8H4ClN3O4S2/c9-18(15,16)8-11-10-7(17-8)5-3-1-2-4-6(5)12(13)14/h1-4H. The van der Waals surface area contributed by atoms with Crippen molar-refractivity contribution in [2.45, 2.75) is 4.34 Å². The molecule has 1 aromatic carbocycles. The van der Waals surface area contributed by atoms with Crippen LogP contribution in [0.4, 0.5) is 5.69 Å². The Bertz CT molecular complexity index is 713. The molecule has 18 heavy (non-hydrogen) atoms. The number of hydrogen-bond donors (Lipinski definition) is 0. The van der Waals surface area contributed by atoms with Crippen LogP contribution in [0.5, 0.6) is 0 Å². The van der Waals surface area contributed by atoms with Gasteiger partial charge in [-0.15, -0.1) is 10.2 Å². The van der Waals surface area contributed by atoms with Crippen LogP contribution in [0.1, 0.15) is 0 Å². The number of nitro benzene ring substituents is 1. The van der Waals surface area contributed by atoms with Crippen molar-refractivity contribution in [3.63, 3.8) is 0 Å². The second-order valence-corrected chi connectivity index (χ2v) is 6.80. The fourth-order valence-electron chi connectivity index (χ4n) is 1.23. The van der Waals surface area contributed by atoms with E-state index in [-0.39, 0.29) is 16.3 Å². The van der Waals surface area contributed by atoms with Crippen molar-refractivity contribution in [2.24, 2.45) is 0 Å². The minimum Gasteiger partial charge on any atom is -0.258 e. The van der Waals surface area contributed by atoms with Crippen LogP contribution in [0.25, 0.3) is 10.6 Å². The predicted molar refractivity (Wildman–Crippen MR) is 65.0 cm³/mol. The second kappa shape index (κ2) is 4.59. The zero-order valence-electron chi connectivity index (χ0n) is 8.48. The summed E-state index contributed by atoms with van der Waals surface area (Å²) in [6.07, 6.45) is 0. The summed E-state index contributed by atoms with van der Waals surface area (Å²) in [7, 11) is 1.13. The van der Waals surface area contributed by atoms with Crippen LogP contribution in [0.2, 0.25) is 0 Å². The van der Waals surface area contributed by atoms with Gasteiger partial charge in [-0.1, -0.05) is 23.5 Å². The van der Waals surface area contributed by atoms with E-state index in [0.717, 1.165) is 0 Å². The number of halogens is 1. The second-order valence-electron chi connectivity index (χ2n) is 3.09. The number of aromatic nitrogens is 2. The fraction of sp³-hybridized carbons (Fsp3) is 0. The van der Waals surface area contributed by atoms with E-state index < -0.39 is 18.3 Å². The molecule has 0 aliphatic carbocycles. The fourth-order valence-corrected chi connectivity index (χ4v) is 2.99. The van der Waals surface area contributed by atoms with E-state index >= 15 is 0 Å². The summed E-state index contributed by atoms with van der Waals surface area (Å²) in [5.74, 6) is 0. The molecule has 7 nitrogen and oxygen atoms in total. The molecule has 0 bridgehead atoms. The Balaban J connectivity index is 2.57. The molecule has 94 valence electrons. The van der Waals surface area contributed by atoms with E-state index in [0.29, 0.717) is 11.3 Å². The van der Waals surface area contributed by atoms with Gasteiger partial charge in [-0.2, -0.15) is 0 Å². The van der Waals surface area contributed by atoms with Crippen molar-refractivity contribution >= 4 is 36.8 Å². The SMILES string of the molecule is O=[N+]([O-])c1ccccc1-c1nnc(S(=O)(=O)Cl)s1. The molecule has 0 amide bonds. The summed E-state index contributed by atoms with van der Waals surface area (Å²) < 4.78 is 21.7. The minimum atomic E-state index is -3.98. The lowest BCUT2D eigenvalue weighted by Gasteiger charge is -1.96. The Hall–Kier alpha value is -1.58. The highest BCUT2D eigenvalue weighted by molar-refractivity contribution is 8.15. The van der Waals surface area contributed by atoms with E-state index in [9.17, 15) is 18.5 Å². The first kappa shape index (κ1) is 12.9. The maximum atomic E-state index is 11.0. The molecule has 0 aliphatic rings. The molecule has 0 fully saturated rings. The molecule has 2 aromatic rings. The van der Waals surface area contributed by atoms with Crippen LogP contribution in [-0.4, -0.2) is 23.5 Å². The van der Waals surface area contributed by atoms with Gasteiger partial charge in [0.2, 0.25) is 4.34 Å². The van der Waals surface area contributed by atoms with Crippen LogP contribution in [0.3, 0.4) is 0 Å². The van der Waals surface area contributed by atoms with Gasteiger partial charge in [0.15, 0.2) is 5.01 Å². The van der Waals surface area contributed by atoms with Gasteiger partial charge in [-0.3, -0.25) is 10.1 Å². The Morgan fingerprint density at radius 1 is 1.28 bits per heavy atom. The number of nitro groups is 1. The van der Waals surface area contributed by atoms with E-state index in [4.69, 9.17) is 10.7 Å². The lowest BCUT2D eigenvalue weighted by Crippen LogP contribution is -1.91. The lowest BCUT2D eigenvalue weighted by atomic mass is 10.2. The van der Waals surface area contributed by atoms with Crippen LogP contribution < -0.4 is 0 Å². The summed E-state index contributed by atoms with van der Waals surface area (Å²) in [6.45, 7) is 0. The van der Waals surface area contributed by atoms with Crippen molar-refractivity contribution in [3.8, 4) is 10.6 Å². The molecule has 0 saturated carbocycles. The van der Waals surface area contributed by atoms with Gasteiger partial charge in [0.25, 0.3) is 14.7 Å². The molecular weight excluding hydrogens is 302 g/mol. The molecule has 0 spiro atoms. The van der Waals surface area contributed by atoms with Crippen molar-refractivity contribution < 1.29 is 13.3 Å². The number of benzene rings is 1. The normalized spacial score (nSPS) is 11.4. The maximum Gasteiger partial charge on any atom is 0.290 e. The van der Waals surface area contributed by atoms with Crippen LogP contribution in [-0.2, 0) is 9.05 Å². The lowest BCUT2D eigenvalue weighted by molar-refractivity contribution is -0.384. The van der Waals surface area contributed by atoms with Gasteiger partial charge in [0, 0.05) is 16.7 Å². The minimum absolute atomic E-state index is 0.126. The first-order chi connectivity index (χ1) is 8.39. The molecule has 10 heteroatoms. The number of para-hydroxylation sites is 1. The summed E-state index contributed by atoms with van der Waals surface area (Å²) in [4.78, 5) is 10.2. The molecule has 0 aliphatic heterocycles. The predicted octanol–water partition coefficient (Wildman–Crippen LogP) is 2.04. The maximum absolute atomic E-state index is 11.0. The molecule has 0 N–H and O–H groups in total. The Labute approximate surface area is 110 Å². The number of rotatable bonds is 3. The molecule has 0 radical (unpaired) electrons. The molecule has 0 atom stereocenters. The largest absolute Gasteiger partial charge is 0.290 e. The van der Waals surface area contributed by atoms with Gasteiger partial charge in [0.1, 0.15) is 0 Å². The van der Waals surface area contributed by atoms with Gasteiger partial charge < -0.3 is 0 Å². The monoisotopic (exact) mass is 305 g/mol. The highest BCUT2D eigenvalue weighted by Gasteiger charge is 2.22. The van der Waals surface area contributed by atoms with Crippen molar-refractivity contribution in [1.82, 2.24) is 10.2 Å². The quantitative estimate of drug-likeness (QED) is 0.488. The smallest absolute Gasteiger partial charge is 0.258 e. The zero-order chi connectivity index (χ0) is 13.3. The Morgan fingerprint density at radius 2 is 1.94 bits per heavy atom. The van der Waals surface area contributed by atoms with E-state index in [1.54, 1.807) is 6.07 Å². The van der Waals surface area contributed by atoms with Crippen LogP contribution >= 0.6 is 22.0 Å². The van der Waals surface area contributed by atoms with Gasteiger partial charge in [-0.25, -0.2) is 8.42 Å². The third-order valence-electron chi connectivity index (χ3n) is 1.95. The molecular formula is C8H4ClN3O4S2. The summed E-state index contributed by atoms with van der Waals surface area (Å²) in [5.41, 5.74) is 0.0266. The van der Waals surface area contributed by atoms with Crippen LogP contribution in [0, 0.1) is 10.1 Å². The van der Waals surface area contributed by atoms with E-state index in [1.165, 1.54) is 18.2 Å². The van der Waals surface area contributed by atoms with Gasteiger partial charge >= 0.3 is 0 Å². The molecule has 1 heterocycles. The van der Waals surface area contributed by atoms with Gasteiger partial charge in [-0.05, 0) is 6.07 Å². The third-order valence-corrected chi connectivity index (χ3v) is 4.82. The molecule has 1 aromatic heterocycles. The molecule has 0 unspecified atom stereocenters. The highest BCUT2D eigenvalue weighted by atomic mass is 35.7. The summed E-state index contributed by atoms with van der Waals surface area (Å²) >= 11 is 0.678. The molecule has 0 saturated heterocycles. The average molecular weight is 306 g/mol. The Kier molecular flexibility index (Phi) is 3.28. The van der Waals surface area contributed by atoms with Crippen molar-refractivity contribution in [2.75, 3.05) is 0 Å². The molecule has 2 rings (SSSR count). The average Bonchev–Trinajstić information content (AvgIpc) is 2.77. The number of hydrogen-bond acceptors (Lipinski definition) is 7. The van der Waals surface area contributed by atoms with E-state index in [2.05, 4.69) is 10.2 Å². The van der Waals surface area contributed by atoms with Crippen molar-refractivity contribution in [3.05, 3.63) is 34.4 Å². The third kappa shape index (κ3) is 2.47. The summed E-state index contributed by atoms with van der Waals surface area (Å²) in [5, 5.41) is 17.9. The van der Waals surface area contributed by atoms with Crippen LogP contribution in [0.15, 0.2) is 28.6 Å². The number of nitrogens with zero attached hydrogens (tertiary/aromatic N) is 3. The first-order valence-corrected chi connectivity index (χ1v) is 7.54. The topological polar surface area (TPSA) is 103 Å². The van der Waals surface area contributed by atoms with Crippen molar-refractivity contribution in [1.29, 1.82) is 0 Å². The highest BCUT2D eigenvalue weighted by Crippen LogP contribution is 2.33. The van der Waals surface area contributed by atoms with E-state index in [1.807, 2.05) is 0 Å². The van der Waals surface area contributed by atoms with Gasteiger partial charge in [0.05, 0.1) is 10.5 Å². The zero-order valence-corrected chi connectivity index (χ0v) is 10.9. The summed E-state index contributed by atoms with van der Waals surface area (Å²) in [6, 6.07) is 5.84.